The Bertz CT molecular complexity index is 807. The molecule has 1 saturated heterocycles. The van der Waals surface area contributed by atoms with E-state index >= 15 is 0 Å². The fourth-order valence-corrected chi connectivity index (χ4v) is 6.13. The van der Waals surface area contributed by atoms with Crippen LogP contribution < -0.4 is 0 Å². The van der Waals surface area contributed by atoms with Gasteiger partial charge in [0.2, 0.25) is 0 Å². The molecule has 5 heteroatoms. The molecule has 1 heterocycles. The van der Waals surface area contributed by atoms with Crippen molar-refractivity contribution in [2.75, 3.05) is 0 Å². The van der Waals surface area contributed by atoms with Gasteiger partial charge in [-0.25, -0.2) is 0 Å². The van der Waals surface area contributed by atoms with Crippen LogP contribution in [0.1, 0.15) is 52.2 Å². The fraction of sp³-hybridized carbons (Fsp3) is 0.520. The number of hydrogen-bond donors (Lipinski definition) is 1. The van der Waals surface area contributed by atoms with Crippen LogP contribution in [0.4, 0.5) is 0 Å². The van der Waals surface area contributed by atoms with Crippen LogP contribution in [0, 0.1) is 5.92 Å². The second-order valence-electron chi connectivity index (χ2n) is 10.3. The molecule has 1 aliphatic carbocycles. The van der Waals surface area contributed by atoms with Gasteiger partial charge in [0.1, 0.15) is 11.7 Å². The van der Waals surface area contributed by atoms with Crippen molar-refractivity contribution < 1.29 is 19.0 Å². The largest absolute Gasteiger partial charge is 0.410 e. The van der Waals surface area contributed by atoms with E-state index in [0.717, 1.165) is 11.1 Å². The van der Waals surface area contributed by atoms with E-state index in [1.807, 2.05) is 26.0 Å². The average molecular weight is 427 g/mol. The van der Waals surface area contributed by atoms with Crippen LogP contribution in [0.2, 0.25) is 5.04 Å². The molecule has 2 fully saturated rings. The van der Waals surface area contributed by atoms with E-state index < -0.39 is 27.3 Å². The minimum atomic E-state index is -0.925. The number of aliphatic hydroxyl groups is 1. The van der Waals surface area contributed by atoms with Crippen molar-refractivity contribution in [3.05, 3.63) is 71.8 Å². The summed E-state index contributed by atoms with van der Waals surface area (Å²) in [5.74, 6) is -0.769. The van der Waals surface area contributed by atoms with Crippen molar-refractivity contribution in [1.82, 2.24) is 0 Å². The monoisotopic (exact) mass is 426 g/mol. The zero-order valence-corrected chi connectivity index (χ0v) is 20.1. The molecule has 2 aliphatic rings. The fourth-order valence-electron chi connectivity index (χ4n) is 4.92. The third kappa shape index (κ3) is 4.02. The molecule has 2 aromatic rings. The van der Waals surface area contributed by atoms with Crippen LogP contribution in [0.25, 0.3) is 0 Å². The lowest BCUT2D eigenvalue weighted by atomic mass is 9.74. The van der Waals surface area contributed by atoms with Crippen molar-refractivity contribution in [3.8, 4) is 0 Å². The quantitative estimate of drug-likeness (QED) is 0.730. The number of ether oxygens (including phenoxy) is 2. The van der Waals surface area contributed by atoms with Gasteiger partial charge in [0.15, 0.2) is 15.6 Å². The molecule has 0 amide bonds. The molecule has 4 atom stereocenters. The normalized spacial score (nSPS) is 28.9. The SMILES string of the molecule is CC1(C)OC2C(O)CC(C(O[SiH2]C(C)(C)C)(c3ccccc3)c3ccccc3)C2O1. The molecule has 30 heavy (non-hydrogen) atoms. The molecule has 1 saturated carbocycles. The molecule has 1 N–H and O–H groups in total. The summed E-state index contributed by atoms with van der Waals surface area (Å²) in [7, 11) is -0.925. The maximum Gasteiger partial charge on any atom is 0.168 e. The summed E-state index contributed by atoms with van der Waals surface area (Å²) in [6, 6.07) is 20.9. The van der Waals surface area contributed by atoms with Gasteiger partial charge in [0, 0.05) is 5.92 Å². The zero-order chi connectivity index (χ0) is 21.6. The molecule has 4 unspecified atom stereocenters. The van der Waals surface area contributed by atoms with Gasteiger partial charge < -0.3 is 19.0 Å². The number of hydrogen-bond acceptors (Lipinski definition) is 4. The molecular formula is C25H34O4Si. The van der Waals surface area contributed by atoms with Crippen molar-refractivity contribution in [3.63, 3.8) is 0 Å². The van der Waals surface area contributed by atoms with Gasteiger partial charge in [-0.15, -0.1) is 0 Å². The maximum atomic E-state index is 10.9. The highest BCUT2D eigenvalue weighted by molar-refractivity contribution is 6.32. The van der Waals surface area contributed by atoms with E-state index in [1.54, 1.807) is 0 Å². The van der Waals surface area contributed by atoms with Crippen molar-refractivity contribution >= 4 is 9.76 Å². The third-order valence-electron chi connectivity index (χ3n) is 6.10. The summed E-state index contributed by atoms with van der Waals surface area (Å²) in [5, 5.41) is 11.1. The number of aliphatic hydroxyl groups excluding tert-OH is 1. The van der Waals surface area contributed by atoms with E-state index in [9.17, 15) is 5.11 Å². The van der Waals surface area contributed by atoms with E-state index in [0.29, 0.717) is 6.42 Å². The summed E-state index contributed by atoms with van der Waals surface area (Å²) in [6.45, 7) is 10.6. The molecule has 0 bridgehead atoms. The molecule has 162 valence electrons. The summed E-state index contributed by atoms with van der Waals surface area (Å²) in [4.78, 5) is 0. The standard InChI is InChI=1S/C25H34O4Si/c1-23(2,3)30-29-25(17-12-8-6-9-13-17,18-14-10-7-11-15-18)19-16-20(26)22-21(19)27-24(4,5)28-22/h6-15,19-22,26H,16,30H2,1-5H3. The number of benzene rings is 2. The summed E-state index contributed by atoms with van der Waals surface area (Å²) in [5.41, 5.74) is 1.53. The van der Waals surface area contributed by atoms with Crippen LogP contribution in [-0.4, -0.2) is 39.0 Å². The summed E-state index contributed by atoms with van der Waals surface area (Å²) in [6.07, 6.45) is -0.567. The predicted molar refractivity (Wildman–Crippen MR) is 121 cm³/mol. The second-order valence-corrected chi connectivity index (χ2v) is 13.0. The zero-order valence-electron chi connectivity index (χ0n) is 18.7. The Morgan fingerprint density at radius 3 is 1.90 bits per heavy atom. The van der Waals surface area contributed by atoms with E-state index in [4.69, 9.17) is 13.9 Å². The topological polar surface area (TPSA) is 47.9 Å². The molecule has 0 spiro atoms. The van der Waals surface area contributed by atoms with Gasteiger partial charge in [-0.3, -0.25) is 0 Å². The summed E-state index contributed by atoms with van der Waals surface area (Å²) >= 11 is 0. The molecule has 0 radical (unpaired) electrons. The lowest BCUT2D eigenvalue weighted by Gasteiger charge is -2.44. The van der Waals surface area contributed by atoms with E-state index in [-0.39, 0.29) is 23.2 Å². The van der Waals surface area contributed by atoms with Crippen LogP contribution in [-0.2, 0) is 19.5 Å². The van der Waals surface area contributed by atoms with Gasteiger partial charge >= 0.3 is 0 Å². The van der Waals surface area contributed by atoms with Gasteiger partial charge in [0.25, 0.3) is 0 Å². The third-order valence-corrected chi connectivity index (χ3v) is 7.56. The first-order chi connectivity index (χ1) is 14.1. The van der Waals surface area contributed by atoms with Crippen molar-refractivity contribution in [2.45, 2.75) is 75.8 Å². The number of fused-ring (bicyclic) bond motifs is 1. The first kappa shape index (κ1) is 21.7. The average Bonchev–Trinajstić information content (AvgIpc) is 3.17. The van der Waals surface area contributed by atoms with Crippen LogP contribution in [0.3, 0.4) is 0 Å². The predicted octanol–water partition coefficient (Wildman–Crippen LogP) is 4.15. The van der Waals surface area contributed by atoms with Crippen molar-refractivity contribution in [1.29, 1.82) is 0 Å². The Morgan fingerprint density at radius 1 is 0.900 bits per heavy atom. The Morgan fingerprint density at radius 2 is 1.40 bits per heavy atom. The molecule has 1 aliphatic heterocycles. The lowest BCUT2D eigenvalue weighted by molar-refractivity contribution is -0.174. The number of rotatable bonds is 5. The van der Waals surface area contributed by atoms with Crippen LogP contribution >= 0.6 is 0 Å². The minimum absolute atomic E-state index is 0.0566. The molecular weight excluding hydrogens is 392 g/mol. The highest BCUT2D eigenvalue weighted by Crippen LogP contribution is 2.53. The Labute approximate surface area is 182 Å². The van der Waals surface area contributed by atoms with Gasteiger partial charge in [-0.1, -0.05) is 81.4 Å². The van der Waals surface area contributed by atoms with Crippen LogP contribution in [0.15, 0.2) is 60.7 Å². The Kier molecular flexibility index (Phi) is 5.70. The van der Waals surface area contributed by atoms with Gasteiger partial charge in [0.05, 0.1) is 12.2 Å². The highest BCUT2D eigenvalue weighted by Gasteiger charge is 2.61. The van der Waals surface area contributed by atoms with Gasteiger partial charge in [-0.05, 0) is 36.4 Å². The first-order valence-electron chi connectivity index (χ1n) is 10.9. The lowest BCUT2D eigenvalue weighted by Crippen LogP contribution is -2.46. The van der Waals surface area contributed by atoms with E-state index in [2.05, 4.69) is 69.3 Å². The van der Waals surface area contributed by atoms with Crippen LogP contribution in [0.5, 0.6) is 0 Å². The highest BCUT2D eigenvalue weighted by atomic mass is 28.2. The Balaban J connectivity index is 1.88. The Hall–Kier alpha value is -1.50. The minimum Gasteiger partial charge on any atom is -0.410 e. The van der Waals surface area contributed by atoms with Gasteiger partial charge in [-0.2, -0.15) is 0 Å². The second kappa shape index (κ2) is 7.88. The smallest absolute Gasteiger partial charge is 0.168 e. The molecule has 0 aromatic heterocycles. The molecule has 4 nitrogen and oxygen atoms in total. The first-order valence-corrected chi connectivity index (χ1v) is 12.2. The van der Waals surface area contributed by atoms with E-state index in [1.165, 1.54) is 0 Å². The molecule has 4 rings (SSSR count). The summed E-state index contributed by atoms with van der Waals surface area (Å²) < 4.78 is 19.6. The maximum absolute atomic E-state index is 10.9. The van der Waals surface area contributed by atoms with Crippen molar-refractivity contribution in [2.24, 2.45) is 5.92 Å². The molecule has 2 aromatic carbocycles.